The van der Waals surface area contributed by atoms with Gasteiger partial charge in [-0.2, -0.15) is 0 Å². The Morgan fingerprint density at radius 1 is 1.41 bits per heavy atom. The van der Waals surface area contributed by atoms with Gasteiger partial charge in [0.15, 0.2) is 0 Å². The molecule has 1 aromatic rings. The van der Waals surface area contributed by atoms with E-state index in [0.29, 0.717) is 5.56 Å². The second-order valence-corrected chi connectivity index (χ2v) is 4.87. The maximum absolute atomic E-state index is 12.8. The Kier molecular flexibility index (Phi) is 3.86. The van der Waals surface area contributed by atoms with Crippen LogP contribution in [0.25, 0.3) is 0 Å². The van der Waals surface area contributed by atoms with E-state index in [9.17, 15) is 13.6 Å². The van der Waals surface area contributed by atoms with Crippen molar-refractivity contribution >= 4 is 5.97 Å². The maximum atomic E-state index is 12.8. The Balaban J connectivity index is 3.12. The monoisotopic (exact) mass is 242 g/mol. The van der Waals surface area contributed by atoms with Crippen LogP contribution in [-0.4, -0.2) is 11.1 Å². The Morgan fingerprint density at radius 3 is 2.47 bits per heavy atom. The Bertz CT molecular complexity index is 425. The summed E-state index contributed by atoms with van der Waals surface area (Å²) in [7, 11) is 0. The van der Waals surface area contributed by atoms with Gasteiger partial charge in [0.2, 0.25) is 0 Å². The van der Waals surface area contributed by atoms with Crippen molar-refractivity contribution in [3.8, 4) is 0 Å². The number of carboxylic acids is 1. The highest BCUT2D eigenvalue weighted by atomic mass is 19.3. The van der Waals surface area contributed by atoms with Crippen LogP contribution in [0, 0.1) is 12.3 Å². The zero-order valence-electron chi connectivity index (χ0n) is 10.1. The summed E-state index contributed by atoms with van der Waals surface area (Å²) >= 11 is 0. The minimum atomic E-state index is -2.57. The number of hydrogen-bond donors (Lipinski definition) is 1. The van der Waals surface area contributed by atoms with Crippen molar-refractivity contribution in [1.82, 2.24) is 0 Å². The average Bonchev–Trinajstić information content (AvgIpc) is 2.15. The number of carboxylic acid groups (broad SMARTS) is 1. The molecule has 0 aromatic heterocycles. The summed E-state index contributed by atoms with van der Waals surface area (Å²) < 4.78 is 25.6. The number of aliphatic carboxylic acids is 1. The fraction of sp³-hybridized carbons (Fsp3) is 0.462. The second kappa shape index (κ2) is 4.82. The smallest absolute Gasteiger partial charge is 0.309 e. The molecule has 1 aromatic carbocycles. The zero-order chi connectivity index (χ0) is 13.2. The van der Waals surface area contributed by atoms with Crippen LogP contribution < -0.4 is 0 Å². The quantitative estimate of drug-likeness (QED) is 0.876. The summed E-state index contributed by atoms with van der Waals surface area (Å²) in [5.41, 5.74) is 0.139. The summed E-state index contributed by atoms with van der Waals surface area (Å²) in [4.78, 5) is 11.0. The van der Waals surface area contributed by atoms with Crippen LogP contribution >= 0.6 is 0 Å². The maximum Gasteiger partial charge on any atom is 0.309 e. The highest BCUT2D eigenvalue weighted by Gasteiger charge is 2.29. The highest BCUT2D eigenvalue weighted by Crippen LogP contribution is 2.30. The average molecular weight is 242 g/mol. The standard InChI is InChI=1S/C13H16F2O2/c1-8-4-5-10(11(14)15)9(6-8)7-13(2,3)12(16)17/h4-6,11H,7H2,1-3H3,(H,16,17). The molecule has 0 saturated carbocycles. The third-order valence-electron chi connectivity index (χ3n) is 2.74. The molecule has 0 radical (unpaired) electrons. The van der Waals surface area contributed by atoms with Crippen LogP contribution in [0.2, 0.25) is 0 Å². The van der Waals surface area contributed by atoms with E-state index in [4.69, 9.17) is 5.11 Å². The van der Waals surface area contributed by atoms with Crippen molar-refractivity contribution in [2.45, 2.75) is 33.6 Å². The molecule has 0 fully saturated rings. The lowest BCUT2D eigenvalue weighted by Crippen LogP contribution is -2.26. The molecule has 0 spiro atoms. The van der Waals surface area contributed by atoms with Gasteiger partial charge in [0, 0.05) is 5.56 Å². The molecule has 1 N–H and O–H groups in total. The van der Waals surface area contributed by atoms with Gasteiger partial charge < -0.3 is 5.11 Å². The molecule has 0 heterocycles. The van der Waals surface area contributed by atoms with Gasteiger partial charge in [-0.25, -0.2) is 8.78 Å². The fourth-order valence-electron chi connectivity index (χ4n) is 1.65. The molecular weight excluding hydrogens is 226 g/mol. The Hall–Kier alpha value is -1.45. The van der Waals surface area contributed by atoms with Gasteiger partial charge >= 0.3 is 5.97 Å². The van der Waals surface area contributed by atoms with Crippen molar-refractivity contribution in [2.24, 2.45) is 5.41 Å². The van der Waals surface area contributed by atoms with Crippen molar-refractivity contribution in [2.75, 3.05) is 0 Å². The molecule has 0 saturated heterocycles. The normalized spacial score (nSPS) is 11.9. The summed E-state index contributed by atoms with van der Waals surface area (Å²) in [5, 5.41) is 9.01. The Morgan fingerprint density at radius 2 is 2.00 bits per heavy atom. The predicted octanol–water partition coefficient (Wildman–Crippen LogP) is 3.59. The van der Waals surface area contributed by atoms with E-state index in [1.807, 2.05) is 0 Å². The number of hydrogen-bond acceptors (Lipinski definition) is 1. The lowest BCUT2D eigenvalue weighted by molar-refractivity contribution is -0.146. The molecule has 0 bridgehead atoms. The van der Waals surface area contributed by atoms with Gasteiger partial charge in [0.05, 0.1) is 5.41 Å². The summed E-state index contributed by atoms with van der Waals surface area (Å²) in [6, 6.07) is 4.61. The molecule has 4 heteroatoms. The number of rotatable bonds is 4. The number of alkyl halides is 2. The topological polar surface area (TPSA) is 37.3 Å². The van der Waals surface area contributed by atoms with E-state index in [0.717, 1.165) is 5.56 Å². The number of benzene rings is 1. The van der Waals surface area contributed by atoms with Crippen molar-refractivity contribution in [3.63, 3.8) is 0 Å². The zero-order valence-corrected chi connectivity index (χ0v) is 10.1. The SMILES string of the molecule is Cc1ccc(C(F)F)c(CC(C)(C)C(=O)O)c1. The molecule has 0 amide bonds. The van der Waals surface area contributed by atoms with Crippen LogP contribution in [0.4, 0.5) is 8.78 Å². The number of aryl methyl sites for hydroxylation is 1. The van der Waals surface area contributed by atoms with Gasteiger partial charge in [-0.05, 0) is 32.8 Å². The van der Waals surface area contributed by atoms with Crippen molar-refractivity contribution in [1.29, 1.82) is 0 Å². The second-order valence-electron chi connectivity index (χ2n) is 4.87. The van der Waals surface area contributed by atoms with E-state index in [1.165, 1.54) is 19.9 Å². The molecule has 1 rings (SSSR count). The molecule has 2 nitrogen and oxygen atoms in total. The van der Waals surface area contributed by atoms with E-state index in [1.54, 1.807) is 19.1 Å². The van der Waals surface area contributed by atoms with Crippen LogP contribution in [0.5, 0.6) is 0 Å². The number of carbonyl (C=O) groups is 1. The molecule has 0 aliphatic carbocycles. The van der Waals surface area contributed by atoms with Crippen LogP contribution in [0.1, 0.15) is 37.0 Å². The van der Waals surface area contributed by atoms with Crippen molar-refractivity contribution < 1.29 is 18.7 Å². The van der Waals surface area contributed by atoms with Crippen LogP contribution in [0.3, 0.4) is 0 Å². The van der Waals surface area contributed by atoms with Crippen LogP contribution in [-0.2, 0) is 11.2 Å². The minimum absolute atomic E-state index is 0.0788. The molecular formula is C13H16F2O2. The van der Waals surface area contributed by atoms with E-state index in [-0.39, 0.29) is 12.0 Å². The van der Waals surface area contributed by atoms with Crippen LogP contribution in [0.15, 0.2) is 18.2 Å². The van der Waals surface area contributed by atoms with E-state index >= 15 is 0 Å². The van der Waals surface area contributed by atoms with E-state index < -0.39 is 17.8 Å². The summed E-state index contributed by atoms with van der Waals surface area (Å²) in [6.45, 7) is 4.87. The van der Waals surface area contributed by atoms with Crippen molar-refractivity contribution in [3.05, 3.63) is 34.9 Å². The highest BCUT2D eigenvalue weighted by molar-refractivity contribution is 5.74. The summed E-state index contributed by atoms with van der Waals surface area (Å²) in [6.07, 6.45) is -2.47. The van der Waals surface area contributed by atoms with Gasteiger partial charge in [-0.3, -0.25) is 4.79 Å². The minimum Gasteiger partial charge on any atom is -0.481 e. The molecule has 0 aliphatic rings. The predicted molar refractivity (Wildman–Crippen MR) is 61.3 cm³/mol. The van der Waals surface area contributed by atoms with E-state index in [2.05, 4.69) is 0 Å². The van der Waals surface area contributed by atoms with Gasteiger partial charge in [-0.15, -0.1) is 0 Å². The molecule has 0 aliphatic heterocycles. The number of halogens is 2. The molecule has 0 atom stereocenters. The molecule has 0 unspecified atom stereocenters. The largest absolute Gasteiger partial charge is 0.481 e. The molecule has 94 valence electrons. The third kappa shape index (κ3) is 3.25. The summed E-state index contributed by atoms with van der Waals surface area (Å²) in [5.74, 6) is -0.987. The lowest BCUT2D eigenvalue weighted by atomic mass is 9.84. The first-order chi connectivity index (χ1) is 7.74. The first-order valence-corrected chi connectivity index (χ1v) is 5.35. The first kappa shape index (κ1) is 13.6. The van der Waals surface area contributed by atoms with Gasteiger partial charge in [-0.1, -0.05) is 23.8 Å². The van der Waals surface area contributed by atoms with Gasteiger partial charge in [0.25, 0.3) is 6.43 Å². The lowest BCUT2D eigenvalue weighted by Gasteiger charge is -2.21. The third-order valence-corrected chi connectivity index (χ3v) is 2.74. The van der Waals surface area contributed by atoms with Gasteiger partial charge in [0.1, 0.15) is 0 Å². The Labute approximate surface area is 99.3 Å². The fourth-order valence-corrected chi connectivity index (χ4v) is 1.65. The first-order valence-electron chi connectivity index (χ1n) is 5.35. The molecule has 17 heavy (non-hydrogen) atoms.